The molecule has 4 fully saturated rings. The number of nitrogens with zero attached hydrogens (tertiary/aromatic N) is 3. The first-order valence-corrected chi connectivity index (χ1v) is 13.1. The van der Waals surface area contributed by atoms with Gasteiger partial charge in [0.15, 0.2) is 0 Å². The highest BCUT2D eigenvalue weighted by Gasteiger charge is 2.60. The molecule has 5 atom stereocenters. The summed E-state index contributed by atoms with van der Waals surface area (Å²) in [4.78, 5) is 23.8. The summed E-state index contributed by atoms with van der Waals surface area (Å²) in [5.41, 5.74) is 3.43. The molecule has 6 heteroatoms. The van der Waals surface area contributed by atoms with Crippen LogP contribution in [0.2, 0.25) is 0 Å². The van der Waals surface area contributed by atoms with Crippen LogP contribution >= 0.6 is 0 Å². The lowest BCUT2D eigenvalue weighted by atomic mass is 9.78. The second-order valence-corrected chi connectivity index (χ2v) is 11.5. The number of pyridine rings is 1. The van der Waals surface area contributed by atoms with Crippen molar-refractivity contribution in [2.24, 2.45) is 23.2 Å². The average molecular weight is 454 g/mol. The first-order valence-electron chi connectivity index (χ1n) is 13.1. The maximum Gasteiger partial charge on any atom is 0.230 e. The molecule has 2 unspecified atom stereocenters. The number of aromatic nitrogens is 1. The van der Waals surface area contributed by atoms with E-state index in [2.05, 4.69) is 27.8 Å². The van der Waals surface area contributed by atoms with E-state index in [1.807, 2.05) is 13.3 Å². The minimum Gasteiger partial charge on any atom is -0.379 e. The van der Waals surface area contributed by atoms with Gasteiger partial charge in [0.2, 0.25) is 5.91 Å². The molecule has 0 aromatic carbocycles. The van der Waals surface area contributed by atoms with Crippen LogP contribution in [0.5, 0.6) is 0 Å². The minimum atomic E-state index is -0.185. The average Bonchev–Trinajstić information content (AvgIpc) is 3.53. The molecule has 180 valence electrons. The fourth-order valence-corrected chi connectivity index (χ4v) is 7.52. The molecule has 2 aliphatic carbocycles. The Morgan fingerprint density at radius 2 is 2.21 bits per heavy atom. The first-order chi connectivity index (χ1) is 16.1. The van der Waals surface area contributed by atoms with Gasteiger partial charge in [-0.2, -0.15) is 0 Å². The summed E-state index contributed by atoms with van der Waals surface area (Å²) in [7, 11) is 1.82. The number of amides is 1. The van der Waals surface area contributed by atoms with Gasteiger partial charge in [0.1, 0.15) is 0 Å². The van der Waals surface area contributed by atoms with Crippen LogP contribution in [0.4, 0.5) is 0 Å². The zero-order chi connectivity index (χ0) is 22.6. The fourth-order valence-electron chi connectivity index (χ4n) is 7.52. The number of hydrogen-bond donors (Lipinski definition) is 0. The van der Waals surface area contributed by atoms with Crippen LogP contribution in [-0.2, 0) is 27.2 Å². The van der Waals surface area contributed by atoms with E-state index < -0.39 is 0 Å². The Morgan fingerprint density at radius 3 is 3.03 bits per heavy atom. The highest BCUT2D eigenvalue weighted by molar-refractivity contribution is 5.84. The molecule has 3 aliphatic heterocycles. The molecule has 1 aromatic heterocycles. The molecule has 1 aromatic rings. The van der Waals surface area contributed by atoms with Crippen LogP contribution in [0.15, 0.2) is 12.3 Å². The Morgan fingerprint density at radius 1 is 1.33 bits per heavy atom. The maximum atomic E-state index is 14.3. The van der Waals surface area contributed by atoms with Crippen molar-refractivity contribution in [3.63, 3.8) is 0 Å². The summed E-state index contributed by atoms with van der Waals surface area (Å²) in [6, 6.07) is 2.97. The van der Waals surface area contributed by atoms with Crippen molar-refractivity contribution in [3.05, 3.63) is 29.1 Å². The van der Waals surface area contributed by atoms with E-state index in [0.29, 0.717) is 23.7 Å². The maximum absolute atomic E-state index is 14.3. The van der Waals surface area contributed by atoms with E-state index >= 15 is 0 Å². The van der Waals surface area contributed by atoms with Crippen molar-refractivity contribution in [1.82, 2.24) is 14.8 Å². The van der Waals surface area contributed by atoms with Crippen LogP contribution < -0.4 is 0 Å². The van der Waals surface area contributed by atoms with Gasteiger partial charge in [0.05, 0.1) is 18.1 Å². The van der Waals surface area contributed by atoms with Gasteiger partial charge >= 0.3 is 0 Å². The number of ether oxygens (including phenoxy) is 2. The van der Waals surface area contributed by atoms with E-state index in [1.54, 1.807) is 0 Å². The third-order valence-electron chi connectivity index (χ3n) is 9.32. The van der Waals surface area contributed by atoms with E-state index in [-0.39, 0.29) is 11.5 Å². The molecule has 6 nitrogen and oxygen atoms in total. The number of carbonyl (C=O) groups excluding carboxylic acids is 1. The molecule has 6 rings (SSSR count). The molecular weight excluding hydrogens is 414 g/mol. The molecule has 0 N–H and O–H groups in total. The van der Waals surface area contributed by atoms with Gasteiger partial charge in [-0.1, -0.05) is 6.07 Å². The Balaban J connectivity index is 1.21. The third-order valence-corrected chi connectivity index (χ3v) is 9.32. The summed E-state index contributed by atoms with van der Waals surface area (Å²) in [6.45, 7) is 7.32. The normalized spacial score (nSPS) is 36.6. The molecule has 5 aliphatic rings. The summed E-state index contributed by atoms with van der Waals surface area (Å²) in [5, 5.41) is 0. The van der Waals surface area contributed by atoms with Crippen LogP contribution in [0.3, 0.4) is 0 Å². The number of carbonyl (C=O) groups is 1. The Labute approximate surface area is 198 Å². The van der Waals surface area contributed by atoms with Crippen LogP contribution in [0.25, 0.3) is 0 Å². The van der Waals surface area contributed by atoms with Gasteiger partial charge in [-0.05, 0) is 74.3 Å². The largest absolute Gasteiger partial charge is 0.379 e. The van der Waals surface area contributed by atoms with E-state index in [9.17, 15) is 4.79 Å². The zero-order valence-electron chi connectivity index (χ0n) is 20.3. The van der Waals surface area contributed by atoms with Crippen molar-refractivity contribution in [2.75, 3.05) is 40.0 Å². The molecule has 2 saturated carbocycles. The van der Waals surface area contributed by atoms with Crippen molar-refractivity contribution >= 4 is 5.91 Å². The van der Waals surface area contributed by atoms with Gasteiger partial charge in [-0.15, -0.1) is 0 Å². The number of likely N-dealkylation sites (tertiary alicyclic amines) is 1. The van der Waals surface area contributed by atoms with Gasteiger partial charge in [0, 0.05) is 64.2 Å². The van der Waals surface area contributed by atoms with Crippen molar-refractivity contribution in [3.8, 4) is 0 Å². The first kappa shape index (κ1) is 22.0. The summed E-state index contributed by atoms with van der Waals surface area (Å²) in [6.07, 6.45) is 10.2. The van der Waals surface area contributed by atoms with E-state index in [0.717, 1.165) is 64.7 Å². The second-order valence-electron chi connectivity index (χ2n) is 11.5. The Bertz CT molecular complexity index is 903. The van der Waals surface area contributed by atoms with Gasteiger partial charge in [-0.3, -0.25) is 14.7 Å². The molecular formula is C27H39N3O3. The van der Waals surface area contributed by atoms with Crippen LogP contribution in [0, 0.1) is 30.1 Å². The minimum absolute atomic E-state index is 0.185. The molecule has 0 radical (unpaired) electrons. The number of fused-ring (bicyclic) bond motifs is 2. The third kappa shape index (κ3) is 4.02. The zero-order valence-corrected chi connectivity index (χ0v) is 20.3. The highest BCUT2D eigenvalue weighted by atomic mass is 16.5. The molecule has 0 spiro atoms. The summed E-state index contributed by atoms with van der Waals surface area (Å²) in [5.74, 6) is 2.13. The van der Waals surface area contributed by atoms with Crippen molar-refractivity contribution < 1.29 is 14.3 Å². The number of aryl methyl sites for hydroxylation is 1. The topological polar surface area (TPSA) is 54.9 Å². The lowest BCUT2D eigenvalue weighted by molar-refractivity contribution is -0.144. The number of methoxy groups -OCH3 is 1. The van der Waals surface area contributed by atoms with Crippen molar-refractivity contribution in [2.45, 2.75) is 70.6 Å². The second kappa shape index (κ2) is 8.62. The monoisotopic (exact) mass is 453 g/mol. The molecule has 2 saturated heterocycles. The highest BCUT2D eigenvalue weighted by Crippen LogP contribution is 2.56. The quantitative estimate of drug-likeness (QED) is 0.685. The lowest BCUT2D eigenvalue weighted by Gasteiger charge is -2.37. The van der Waals surface area contributed by atoms with Crippen LogP contribution in [0.1, 0.15) is 55.3 Å². The Hall–Kier alpha value is -1.50. The van der Waals surface area contributed by atoms with E-state index in [1.165, 1.54) is 42.5 Å². The SMILES string of the molecule is COC1COCCC1C[C@@H]1C[C@H]2CN(C3CC3)C[C@@]2(C(=O)N2CCc3ncc(C)cc3C2)C1. The molecule has 0 bridgehead atoms. The van der Waals surface area contributed by atoms with Crippen LogP contribution in [-0.4, -0.2) is 72.8 Å². The standard InChI is InChI=1S/C27H39N3O3/c1-18-9-21-14-29(7-5-24(21)28-13-18)26(31)27-12-19(10-20-6-8-33-16-25(20)32-2)11-22(27)15-30(17-27)23-3-4-23/h9,13,19-20,22-23,25H,3-8,10-12,14-17H2,1-2H3/t19-,20?,22+,25?,27+/m1/s1. The summed E-state index contributed by atoms with van der Waals surface area (Å²) >= 11 is 0. The number of hydrogen-bond acceptors (Lipinski definition) is 5. The lowest BCUT2D eigenvalue weighted by Crippen LogP contribution is -2.48. The van der Waals surface area contributed by atoms with Gasteiger partial charge in [-0.25, -0.2) is 0 Å². The predicted molar refractivity (Wildman–Crippen MR) is 126 cm³/mol. The Kier molecular flexibility index (Phi) is 5.74. The molecule has 1 amide bonds. The van der Waals surface area contributed by atoms with Gasteiger partial charge < -0.3 is 14.4 Å². The molecule has 33 heavy (non-hydrogen) atoms. The number of rotatable bonds is 5. The van der Waals surface area contributed by atoms with E-state index in [4.69, 9.17) is 9.47 Å². The predicted octanol–water partition coefficient (Wildman–Crippen LogP) is 3.21. The van der Waals surface area contributed by atoms with Crippen molar-refractivity contribution in [1.29, 1.82) is 0 Å². The smallest absolute Gasteiger partial charge is 0.230 e. The van der Waals surface area contributed by atoms with Gasteiger partial charge in [0.25, 0.3) is 0 Å². The molecule has 4 heterocycles. The summed E-state index contributed by atoms with van der Waals surface area (Å²) < 4.78 is 11.4. The fraction of sp³-hybridized carbons (Fsp3) is 0.778.